The van der Waals surface area contributed by atoms with Gasteiger partial charge >= 0.3 is 0 Å². The molecule has 0 aliphatic carbocycles. The number of nitrogens with zero attached hydrogens (tertiary/aromatic N) is 3. The Morgan fingerprint density at radius 1 is 1.69 bits per heavy atom. The summed E-state index contributed by atoms with van der Waals surface area (Å²) in [5.41, 5.74) is 5.37. The summed E-state index contributed by atoms with van der Waals surface area (Å²) in [5.74, 6) is -0.229. The van der Waals surface area contributed by atoms with Gasteiger partial charge in [-0.15, -0.1) is 5.10 Å². The second-order valence-electron chi connectivity index (χ2n) is 4.20. The van der Waals surface area contributed by atoms with E-state index in [1.165, 1.54) is 4.68 Å². The molecule has 0 aliphatic heterocycles. The summed E-state index contributed by atoms with van der Waals surface area (Å²) in [7, 11) is 0. The average molecular weight is 227 g/mol. The Hall–Kier alpha value is -1.47. The van der Waals surface area contributed by atoms with Crippen LogP contribution in [0.5, 0.6) is 0 Å². The molecule has 1 aromatic heterocycles. The van der Waals surface area contributed by atoms with Gasteiger partial charge in [0, 0.05) is 6.54 Å². The van der Waals surface area contributed by atoms with E-state index in [4.69, 9.17) is 10.8 Å². The van der Waals surface area contributed by atoms with E-state index in [1.807, 2.05) is 0 Å². The Kier molecular flexibility index (Phi) is 3.97. The summed E-state index contributed by atoms with van der Waals surface area (Å²) in [4.78, 5) is 11.5. The maximum atomic E-state index is 11.5. The largest absolute Gasteiger partial charge is 0.394 e. The molecular formula is C9H17N5O2. The van der Waals surface area contributed by atoms with Crippen LogP contribution in [0.25, 0.3) is 0 Å². The van der Waals surface area contributed by atoms with Gasteiger partial charge in [-0.25, -0.2) is 4.68 Å². The van der Waals surface area contributed by atoms with Crippen molar-refractivity contribution in [3.8, 4) is 0 Å². The summed E-state index contributed by atoms with van der Waals surface area (Å²) in [5, 5.41) is 19.2. The van der Waals surface area contributed by atoms with Crippen LogP contribution in [0.3, 0.4) is 0 Å². The lowest BCUT2D eigenvalue weighted by Gasteiger charge is -2.23. The van der Waals surface area contributed by atoms with Gasteiger partial charge in [0.05, 0.1) is 24.0 Å². The van der Waals surface area contributed by atoms with E-state index in [2.05, 4.69) is 15.6 Å². The van der Waals surface area contributed by atoms with Gasteiger partial charge in [-0.05, 0) is 13.8 Å². The fourth-order valence-electron chi connectivity index (χ4n) is 1.11. The summed E-state index contributed by atoms with van der Waals surface area (Å²) in [6.45, 7) is 3.71. The van der Waals surface area contributed by atoms with Crippen molar-refractivity contribution in [3.05, 3.63) is 11.9 Å². The minimum atomic E-state index is -0.631. The molecule has 4 N–H and O–H groups in total. The van der Waals surface area contributed by atoms with Gasteiger partial charge in [0.25, 0.3) is 0 Å². The van der Waals surface area contributed by atoms with Gasteiger partial charge in [0.1, 0.15) is 6.54 Å². The fraction of sp³-hybridized carbons (Fsp3) is 0.667. The molecule has 1 heterocycles. The third-order valence-electron chi connectivity index (χ3n) is 1.97. The molecule has 0 saturated heterocycles. The summed E-state index contributed by atoms with van der Waals surface area (Å²) >= 11 is 0. The number of rotatable bonds is 5. The van der Waals surface area contributed by atoms with Crippen LogP contribution in [0.1, 0.15) is 19.5 Å². The van der Waals surface area contributed by atoms with E-state index in [1.54, 1.807) is 20.0 Å². The minimum Gasteiger partial charge on any atom is -0.394 e. The SMILES string of the molecule is CC(C)(CO)NC(=O)Cn1cc(CN)nn1. The number of aliphatic hydroxyl groups is 1. The van der Waals surface area contributed by atoms with Crippen LogP contribution < -0.4 is 11.1 Å². The van der Waals surface area contributed by atoms with Gasteiger partial charge in [-0.2, -0.15) is 0 Å². The Balaban J connectivity index is 2.51. The zero-order chi connectivity index (χ0) is 12.2. The number of nitrogens with one attached hydrogen (secondary N) is 1. The van der Waals surface area contributed by atoms with E-state index in [0.717, 1.165) is 0 Å². The van der Waals surface area contributed by atoms with Crippen molar-refractivity contribution in [2.75, 3.05) is 6.61 Å². The number of carbonyl (C=O) groups excluding carboxylic acids is 1. The van der Waals surface area contributed by atoms with Crippen molar-refractivity contribution in [3.63, 3.8) is 0 Å². The molecule has 1 aromatic rings. The molecule has 0 aliphatic rings. The van der Waals surface area contributed by atoms with Crippen molar-refractivity contribution in [1.29, 1.82) is 0 Å². The Bertz CT molecular complexity index is 361. The molecule has 90 valence electrons. The molecule has 0 radical (unpaired) electrons. The number of hydrogen-bond donors (Lipinski definition) is 3. The Labute approximate surface area is 93.6 Å². The summed E-state index contributed by atoms with van der Waals surface area (Å²) in [6.07, 6.45) is 1.62. The van der Waals surface area contributed by atoms with Crippen molar-refractivity contribution < 1.29 is 9.90 Å². The Morgan fingerprint density at radius 3 is 2.88 bits per heavy atom. The van der Waals surface area contributed by atoms with Crippen molar-refractivity contribution in [2.45, 2.75) is 32.5 Å². The molecular weight excluding hydrogens is 210 g/mol. The standard InChI is InChI=1S/C9H17N5O2/c1-9(2,6-15)11-8(16)5-14-4-7(3-10)12-13-14/h4,15H,3,5-6,10H2,1-2H3,(H,11,16). The first-order valence-electron chi connectivity index (χ1n) is 4.98. The van der Waals surface area contributed by atoms with E-state index in [9.17, 15) is 4.79 Å². The topological polar surface area (TPSA) is 106 Å². The van der Waals surface area contributed by atoms with Crippen molar-refractivity contribution in [1.82, 2.24) is 20.3 Å². The lowest BCUT2D eigenvalue weighted by Crippen LogP contribution is -2.47. The first kappa shape index (κ1) is 12.6. The summed E-state index contributed by atoms with van der Waals surface area (Å²) < 4.78 is 1.41. The van der Waals surface area contributed by atoms with Crippen molar-refractivity contribution in [2.24, 2.45) is 5.73 Å². The molecule has 1 rings (SSSR count). The van der Waals surface area contributed by atoms with Gasteiger partial charge in [-0.3, -0.25) is 4.79 Å². The molecule has 16 heavy (non-hydrogen) atoms. The number of hydrogen-bond acceptors (Lipinski definition) is 5. The highest BCUT2D eigenvalue weighted by atomic mass is 16.3. The Morgan fingerprint density at radius 2 is 2.38 bits per heavy atom. The van der Waals surface area contributed by atoms with Gasteiger partial charge in [0.2, 0.25) is 5.91 Å². The predicted molar refractivity (Wildman–Crippen MR) is 57.2 cm³/mol. The minimum absolute atomic E-state index is 0.0659. The van der Waals surface area contributed by atoms with Crippen LogP contribution in [-0.4, -0.2) is 38.2 Å². The normalized spacial score (nSPS) is 11.5. The zero-order valence-corrected chi connectivity index (χ0v) is 9.47. The molecule has 0 atom stereocenters. The number of nitrogens with two attached hydrogens (primary N) is 1. The molecule has 7 nitrogen and oxygen atoms in total. The molecule has 0 spiro atoms. The highest BCUT2D eigenvalue weighted by molar-refractivity contribution is 5.76. The van der Waals surface area contributed by atoms with Crippen molar-refractivity contribution >= 4 is 5.91 Å². The molecule has 7 heteroatoms. The quantitative estimate of drug-likeness (QED) is 0.575. The molecule has 0 saturated carbocycles. The van der Waals surface area contributed by atoms with E-state index >= 15 is 0 Å². The van der Waals surface area contributed by atoms with E-state index in [0.29, 0.717) is 12.2 Å². The van der Waals surface area contributed by atoms with Crippen LogP contribution >= 0.6 is 0 Å². The molecule has 0 bridgehead atoms. The van der Waals surface area contributed by atoms with Crippen LogP contribution in [0, 0.1) is 0 Å². The smallest absolute Gasteiger partial charge is 0.242 e. The van der Waals surface area contributed by atoms with Crippen LogP contribution in [0.15, 0.2) is 6.20 Å². The third-order valence-corrected chi connectivity index (χ3v) is 1.97. The number of amides is 1. The third kappa shape index (κ3) is 3.59. The van der Waals surface area contributed by atoms with Crippen LogP contribution in [0.4, 0.5) is 0 Å². The van der Waals surface area contributed by atoms with Gasteiger partial charge in [0.15, 0.2) is 0 Å². The first-order chi connectivity index (χ1) is 7.46. The van der Waals surface area contributed by atoms with E-state index in [-0.39, 0.29) is 19.1 Å². The zero-order valence-electron chi connectivity index (χ0n) is 9.47. The van der Waals surface area contributed by atoms with Crippen LogP contribution in [-0.2, 0) is 17.9 Å². The fourth-order valence-corrected chi connectivity index (χ4v) is 1.11. The number of carbonyl (C=O) groups is 1. The second kappa shape index (κ2) is 5.04. The molecule has 0 fully saturated rings. The number of aromatic nitrogens is 3. The highest BCUT2D eigenvalue weighted by Gasteiger charge is 2.19. The predicted octanol–water partition coefficient (Wildman–Crippen LogP) is -1.38. The molecule has 0 aromatic carbocycles. The molecule has 1 amide bonds. The number of aliphatic hydroxyl groups excluding tert-OH is 1. The monoisotopic (exact) mass is 227 g/mol. The first-order valence-corrected chi connectivity index (χ1v) is 4.98. The van der Waals surface area contributed by atoms with Gasteiger partial charge < -0.3 is 16.2 Å². The molecule has 0 unspecified atom stereocenters. The van der Waals surface area contributed by atoms with Gasteiger partial charge in [-0.1, -0.05) is 5.21 Å². The highest BCUT2D eigenvalue weighted by Crippen LogP contribution is 2.00. The maximum absolute atomic E-state index is 11.5. The lowest BCUT2D eigenvalue weighted by atomic mass is 10.1. The second-order valence-corrected chi connectivity index (χ2v) is 4.20. The van der Waals surface area contributed by atoms with Crippen LogP contribution in [0.2, 0.25) is 0 Å². The summed E-state index contributed by atoms with van der Waals surface area (Å²) in [6, 6.07) is 0. The average Bonchev–Trinajstić information content (AvgIpc) is 2.64. The maximum Gasteiger partial charge on any atom is 0.242 e. The van der Waals surface area contributed by atoms with E-state index < -0.39 is 5.54 Å². The lowest BCUT2D eigenvalue weighted by molar-refractivity contribution is -0.123.